The summed E-state index contributed by atoms with van der Waals surface area (Å²) in [4.78, 5) is 12.5. The monoisotopic (exact) mass is 299 g/mol. The van der Waals surface area contributed by atoms with Crippen molar-refractivity contribution in [2.45, 2.75) is 31.7 Å². The number of carbonyl (C=O) groups excluding carboxylic acids is 1. The van der Waals surface area contributed by atoms with Crippen LogP contribution in [0.25, 0.3) is 11.3 Å². The maximum Gasteiger partial charge on any atom is 0.255 e. The number of hydrogen-bond acceptors (Lipinski definition) is 3. The zero-order valence-electron chi connectivity index (χ0n) is 12.5. The highest BCUT2D eigenvalue weighted by Gasteiger charge is 2.23. The summed E-state index contributed by atoms with van der Waals surface area (Å²) in [5.74, 6) is 0.307. The molecule has 3 N–H and O–H groups in total. The van der Waals surface area contributed by atoms with E-state index in [0.29, 0.717) is 11.5 Å². The smallest absolute Gasteiger partial charge is 0.255 e. The van der Waals surface area contributed by atoms with Crippen molar-refractivity contribution in [1.82, 2.24) is 15.5 Å². The van der Waals surface area contributed by atoms with Crippen LogP contribution in [0.4, 0.5) is 0 Å². The van der Waals surface area contributed by atoms with Gasteiger partial charge in [-0.1, -0.05) is 30.3 Å². The quantitative estimate of drug-likeness (QED) is 0.811. The number of carbonyl (C=O) groups is 1. The van der Waals surface area contributed by atoms with Crippen LogP contribution >= 0.6 is 0 Å². The van der Waals surface area contributed by atoms with Crippen LogP contribution in [0.5, 0.6) is 0 Å². The van der Waals surface area contributed by atoms with Crippen LogP contribution in [0, 0.1) is 5.92 Å². The van der Waals surface area contributed by atoms with E-state index in [1.165, 1.54) is 0 Å². The largest absolute Gasteiger partial charge is 0.396 e. The average Bonchev–Trinajstić information content (AvgIpc) is 3.06. The molecule has 0 spiro atoms. The number of amides is 1. The van der Waals surface area contributed by atoms with E-state index < -0.39 is 0 Å². The number of nitrogens with one attached hydrogen (secondary N) is 2. The first-order valence-corrected chi connectivity index (χ1v) is 7.78. The van der Waals surface area contributed by atoms with Gasteiger partial charge in [0.2, 0.25) is 0 Å². The van der Waals surface area contributed by atoms with Gasteiger partial charge in [-0.2, -0.15) is 5.10 Å². The summed E-state index contributed by atoms with van der Waals surface area (Å²) in [6.45, 7) is 0.251. The summed E-state index contributed by atoms with van der Waals surface area (Å²) < 4.78 is 0. The molecule has 3 rings (SSSR count). The third-order valence-electron chi connectivity index (χ3n) is 4.39. The molecule has 0 bridgehead atoms. The van der Waals surface area contributed by atoms with Crippen molar-refractivity contribution in [3.63, 3.8) is 0 Å². The molecule has 2 aromatic rings. The summed E-state index contributed by atoms with van der Waals surface area (Å²) in [6, 6.07) is 9.92. The van der Waals surface area contributed by atoms with Crippen molar-refractivity contribution in [2.75, 3.05) is 6.61 Å². The molecular formula is C17H21N3O2. The highest BCUT2D eigenvalue weighted by atomic mass is 16.3. The third-order valence-corrected chi connectivity index (χ3v) is 4.39. The Hall–Kier alpha value is -2.14. The summed E-state index contributed by atoms with van der Waals surface area (Å²) in [5.41, 5.74) is 2.28. The van der Waals surface area contributed by atoms with Gasteiger partial charge in [0.1, 0.15) is 0 Å². The van der Waals surface area contributed by atoms with Crippen molar-refractivity contribution >= 4 is 5.91 Å². The first-order chi connectivity index (χ1) is 10.8. The molecule has 1 fully saturated rings. The van der Waals surface area contributed by atoms with E-state index in [4.69, 9.17) is 0 Å². The van der Waals surface area contributed by atoms with Crippen molar-refractivity contribution in [2.24, 2.45) is 5.92 Å². The molecule has 116 valence electrons. The van der Waals surface area contributed by atoms with E-state index in [0.717, 1.165) is 36.9 Å². The van der Waals surface area contributed by atoms with Crippen LogP contribution in [-0.2, 0) is 0 Å². The second-order valence-corrected chi connectivity index (χ2v) is 5.90. The molecule has 1 amide bonds. The number of aromatic amines is 1. The first kappa shape index (κ1) is 14.8. The molecule has 0 saturated heterocycles. The van der Waals surface area contributed by atoms with Gasteiger partial charge < -0.3 is 10.4 Å². The zero-order chi connectivity index (χ0) is 15.4. The summed E-state index contributed by atoms with van der Waals surface area (Å²) in [7, 11) is 0. The van der Waals surface area contributed by atoms with Gasteiger partial charge in [-0.15, -0.1) is 0 Å². The number of hydrogen-bond donors (Lipinski definition) is 3. The minimum Gasteiger partial charge on any atom is -0.396 e. The molecule has 1 aliphatic carbocycles. The van der Waals surface area contributed by atoms with Crippen LogP contribution in [0.3, 0.4) is 0 Å². The predicted octanol–water partition coefficient (Wildman–Crippen LogP) is 2.36. The number of aromatic nitrogens is 2. The standard InChI is InChI=1S/C17H21N3O2/c21-11-12-6-8-14(9-7-12)19-17(22)15-10-18-20-16(15)13-4-2-1-3-5-13/h1-5,10,12,14,21H,6-9,11H2,(H,18,20)(H,19,22). The second-order valence-electron chi connectivity index (χ2n) is 5.90. The molecule has 1 aromatic carbocycles. The fraction of sp³-hybridized carbons (Fsp3) is 0.412. The lowest BCUT2D eigenvalue weighted by molar-refractivity contribution is 0.0914. The van der Waals surface area contributed by atoms with Gasteiger partial charge in [-0.05, 0) is 31.6 Å². The Labute approximate surface area is 129 Å². The average molecular weight is 299 g/mol. The molecule has 0 radical (unpaired) electrons. The molecule has 1 saturated carbocycles. The molecule has 0 atom stereocenters. The third kappa shape index (κ3) is 3.20. The van der Waals surface area contributed by atoms with Crippen molar-refractivity contribution in [3.05, 3.63) is 42.1 Å². The molecule has 1 aromatic heterocycles. The van der Waals surface area contributed by atoms with E-state index in [2.05, 4.69) is 15.5 Å². The summed E-state index contributed by atoms with van der Waals surface area (Å²) >= 11 is 0. The predicted molar refractivity (Wildman–Crippen MR) is 84.3 cm³/mol. The van der Waals surface area contributed by atoms with Crippen molar-refractivity contribution < 1.29 is 9.90 Å². The van der Waals surface area contributed by atoms with Gasteiger partial charge in [0.15, 0.2) is 0 Å². The van der Waals surface area contributed by atoms with E-state index in [9.17, 15) is 9.90 Å². The van der Waals surface area contributed by atoms with E-state index in [-0.39, 0.29) is 18.6 Å². The van der Waals surface area contributed by atoms with E-state index >= 15 is 0 Å². The fourth-order valence-corrected chi connectivity index (χ4v) is 3.04. The molecule has 1 aliphatic rings. The lowest BCUT2D eigenvalue weighted by Crippen LogP contribution is -2.38. The summed E-state index contributed by atoms with van der Waals surface area (Å²) in [6.07, 6.45) is 5.37. The van der Waals surface area contributed by atoms with Gasteiger partial charge in [-0.25, -0.2) is 0 Å². The first-order valence-electron chi connectivity index (χ1n) is 7.78. The highest BCUT2D eigenvalue weighted by molar-refractivity contribution is 5.99. The number of aliphatic hydroxyl groups is 1. The van der Waals surface area contributed by atoms with Gasteiger partial charge in [0, 0.05) is 18.2 Å². The fourth-order valence-electron chi connectivity index (χ4n) is 3.04. The Morgan fingerprint density at radius 3 is 2.64 bits per heavy atom. The zero-order valence-corrected chi connectivity index (χ0v) is 12.5. The lowest BCUT2D eigenvalue weighted by Gasteiger charge is -2.27. The van der Waals surface area contributed by atoms with Gasteiger partial charge in [-0.3, -0.25) is 9.89 Å². The maximum absolute atomic E-state index is 12.5. The molecule has 1 heterocycles. The van der Waals surface area contributed by atoms with Crippen molar-refractivity contribution in [3.8, 4) is 11.3 Å². The Bertz CT molecular complexity index is 616. The normalized spacial score (nSPS) is 21.5. The topological polar surface area (TPSA) is 78.0 Å². The van der Waals surface area contributed by atoms with Crippen LogP contribution in [0.1, 0.15) is 36.0 Å². The molecule has 0 aliphatic heterocycles. The minimum atomic E-state index is -0.0833. The van der Waals surface area contributed by atoms with Crippen LogP contribution in [0.2, 0.25) is 0 Å². The van der Waals surface area contributed by atoms with Crippen LogP contribution in [0.15, 0.2) is 36.5 Å². The van der Waals surface area contributed by atoms with Crippen molar-refractivity contribution in [1.29, 1.82) is 0 Å². The minimum absolute atomic E-state index is 0.0833. The lowest BCUT2D eigenvalue weighted by atomic mass is 9.86. The highest BCUT2D eigenvalue weighted by Crippen LogP contribution is 2.25. The summed E-state index contributed by atoms with van der Waals surface area (Å²) in [5, 5.41) is 19.2. The molecule has 0 unspecified atom stereocenters. The van der Waals surface area contributed by atoms with Gasteiger partial charge >= 0.3 is 0 Å². The Morgan fingerprint density at radius 1 is 1.23 bits per heavy atom. The Balaban J connectivity index is 1.68. The Morgan fingerprint density at radius 2 is 1.95 bits per heavy atom. The van der Waals surface area contributed by atoms with Crippen LogP contribution < -0.4 is 5.32 Å². The second kappa shape index (κ2) is 6.75. The molecule has 5 nitrogen and oxygen atoms in total. The Kier molecular flexibility index (Phi) is 4.53. The maximum atomic E-state index is 12.5. The van der Waals surface area contributed by atoms with E-state index in [1.54, 1.807) is 6.20 Å². The molecule has 5 heteroatoms. The number of nitrogens with zero attached hydrogens (tertiary/aromatic N) is 1. The molecule has 22 heavy (non-hydrogen) atoms. The SMILES string of the molecule is O=C(NC1CCC(CO)CC1)c1cn[nH]c1-c1ccccc1. The van der Waals surface area contributed by atoms with Crippen LogP contribution in [-0.4, -0.2) is 33.9 Å². The van der Waals surface area contributed by atoms with Gasteiger partial charge in [0.25, 0.3) is 5.91 Å². The number of benzene rings is 1. The number of aliphatic hydroxyl groups excluding tert-OH is 1. The van der Waals surface area contributed by atoms with E-state index in [1.807, 2.05) is 30.3 Å². The number of rotatable bonds is 4. The van der Waals surface area contributed by atoms with Gasteiger partial charge in [0.05, 0.1) is 17.5 Å². The number of H-pyrrole nitrogens is 1. The molecular weight excluding hydrogens is 278 g/mol.